The average Bonchev–Trinajstić information content (AvgIpc) is 2.99. The predicted molar refractivity (Wildman–Crippen MR) is 51.0 cm³/mol. The lowest BCUT2D eigenvalue weighted by molar-refractivity contribution is -0.115. The number of rotatable bonds is 3. The first kappa shape index (κ1) is 8.17. The third kappa shape index (κ3) is 2.25. The van der Waals surface area contributed by atoms with E-state index >= 15 is 0 Å². The zero-order valence-electron chi connectivity index (χ0n) is 7.31. The molecule has 0 saturated heterocycles. The van der Waals surface area contributed by atoms with Gasteiger partial charge in [-0.15, -0.1) is 0 Å². The van der Waals surface area contributed by atoms with Crippen molar-refractivity contribution in [2.24, 2.45) is 5.92 Å². The Morgan fingerprint density at radius 3 is 3.00 bits per heavy atom. The number of aromatic nitrogens is 1. The van der Waals surface area contributed by atoms with Crippen LogP contribution in [0.25, 0.3) is 6.08 Å². The minimum atomic E-state index is 0.254. The summed E-state index contributed by atoms with van der Waals surface area (Å²) in [5.41, 5.74) is 0.983. The number of hydrogen-bond donors (Lipinski definition) is 0. The molecular weight excluding hydrogens is 162 g/mol. The highest BCUT2D eigenvalue weighted by Gasteiger charge is 2.27. The van der Waals surface area contributed by atoms with Gasteiger partial charge in [0.05, 0.1) is 0 Å². The highest BCUT2D eigenvalue weighted by molar-refractivity contribution is 5.96. The van der Waals surface area contributed by atoms with E-state index in [1.165, 1.54) is 0 Å². The molecule has 13 heavy (non-hydrogen) atoms. The van der Waals surface area contributed by atoms with Crippen LogP contribution in [0.2, 0.25) is 0 Å². The van der Waals surface area contributed by atoms with E-state index in [-0.39, 0.29) is 5.78 Å². The van der Waals surface area contributed by atoms with Gasteiger partial charge >= 0.3 is 0 Å². The van der Waals surface area contributed by atoms with Crippen molar-refractivity contribution >= 4 is 11.9 Å². The van der Waals surface area contributed by atoms with E-state index in [0.29, 0.717) is 5.92 Å². The molecule has 1 saturated carbocycles. The van der Waals surface area contributed by atoms with Gasteiger partial charge in [0.2, 0.25) is 0 Å². The Hall–Kier alpha value is -1.44. The third-order valence-corrected chi connectivity index (χ3v) is 2.10. The first-order valence-electron chi connectivity index (χ1n) is 4.48. The van der Waals surface area contributed by atoms with E-state index in [0.717, 1.165) is 18.4 Å². The largest absolute Gasteiger partial charge is 0.295 e. The summed E-state index contributed by atoms with van der Waals surface area (Å²) in [7, 11) is 0. The Kier molecular flexibility index (Phi) is 2.21. The fraction of sp³-hybridized carbons (Fsp3) is 0.273. The van der Waals surface area contributed by atoms with Crippen LogP contribution in [-0.4, -0.2) is 10.8 Å². The molecule has 1 aliphatic rings. The molecule has 0 atom stereocenters. The lowest BCUT2D eigenvalue weighted by atomic mass is 10.2. The van der Waals surface area contributed by atoms with Gasteiger partial charge in [0.25, 0.3) is 0 Å². The molecule has 0 spiro atoms. The van der Waals surface area contributed by atoms with Crippen molar-refractivity contribution in [1.82, 2.24) is 4.98 Å². The van der Waals surface area contributed by atoms with E-state index in [1.807, 2.05) is 18.2 Å². The lowest BCUT2D eigenvalue weighted by Gasteiger charge is -1.90. The van der Waals surface area contributed by atoms with E-state index < -0.39 is 0 Å². The van der Waals surface area contributed by atoms with Gasteiger partial charge in [0.1, 0.15) is 0 Å². The summed E-state index contributed by atoms with van der Waals surface area (Å²) in [4.78, 5) is 15.2. The molecular formula is C11H11NO. The van der Waals surface area contributed by atoms with Crippen LogP contribution >= 0.6 is 0 Å². The van der Waals surface area contributed by atoms with Gasteiger partial charge in [-0.25, -0.2) is 0 Å². The number of pyridine rings is 1. The second kappa shape index (κ2) is 3.52. The number of nitrogens with zero attached hydrogens (tertiary/aromatic N) is 1. The van der Waals surface area contributed by atoms with Crippen LogP contribution in [0.4, 0.5) is 0 Å². The fourth-order valence-electron chi connectivity index (χ4n) is 1.16. The molecule has 1 fully saturated rings. The van der Waals surface area contributed by atoms with Crippen molar-refractivity contribution in [3.05, 3.63) is 36.2 Å². The Balaban J connectivity index is 2.00. The normalized spacial score (nSPS) is 16.3. The van der Waals surface area contributed by atoms with Crippen molar-refractivity contribution in [3.63, 3.8) is 0 Å². The van der Waals surface area contributed by atoms with Gasteiger partial charge in [-0.3, -0.25) is 9.78 Å². The monoisotopic (exact) mass is 173 g/mol. The second-order valence-electron chi connectivity index (χ2n) is 3.30. The molecule has 2 rings (SSSR count). The first-order chi connectivity index (χ1) is 6.36. The molecule has 1 aromatic rings. The van der Waals surface area contributed by atoms with Crippen LogP contribution in [0.1, 0.15) is 18.4 Å². The minimum Gasteiger partial charge on any atom is -0.295 e. The van der Waals surface area contributed by atoms with E-state index in [2.05, 4.69) is 4.98 Å². The Labute approximate surface area is 77.3 Å². The first-order valence-corrected chi connectivity index (χ1v) is 4.48. The molecule has 1 aliphatic carbocycles. The Bertz CT molecular complexity index is 325. The number of ketones is 1. The fourth-order valence-corrected chi connectivity index (χ4v) is 1.16. The van der Waals surface area contributed by atoms with Crippen molar-refractivity contribution in [2.45, 2.75) is 12.8 Å². The standard InChI is InChI=1S/C11H11NO/c13-11(10-4-5-10)6-3-9-2-1-7-12-8-9/h1-3,6-8,10H,4-5H2/b6-3+. The van der Waals surface area contributed by atoms with Crippen LogP contribution in [0.15, 0.2) is 30.6 Å². The molecule has 0 aromatic carbocycles. The maximum Gasteiger partial charge on any atom is 0.158 e. The molecule has 1 heterocycles. The smallest absolute Gasteiger partial charge is 0.158 e. The van der Waals surface area contributed by atoms with Gasteiger partial charge in [0.15, 0.2) is 5.78 Å². The summed E-state index contributed by atoms with van der Waals surface area (Å²) in [6, 6.07) is 3.80. The SMILES string of the molecule is O=C(/C=C/c1cccnc1)C1CC1. The van der Waals surface area contributed by atoms with E-state index in [9.17, 15) is 4.79 Å². The average molecular weight is 173 g/mol. The summed E-state index contributed by atoms with van der Waals surface area (Å²) in [5.74, 6) is 0.566. The molecule has 0 amide bonds. The zero-order valence-corrected chi connectivity index (χ0v) is 7.31. The molecule has 0 bridgehead atoms. The predicted octanol–water partition coefficient (Wildman–Crippen LogP) is 2.07. The molecule has 2 nitrogen and oxygen atoms in total. The Morgan fingerprint density at radius 2 is 2.38 bits per heavy atom. The third-order valence-electron chi connectivity index (χ3n) is 2.10. The second-order valence-corrected chi connectivity index (χ2v) is 3.30. The minimum absolute atomic E-state index is 0.254. The van der Waals surface area contributed by atoms with Crippen LogP contribution in [0.3, 0.4) is 0 Å². The topological polar surface area (TPSA) is 30.0 Å². The maximum atomic E-state index is 11.3. The van der Waals surface area contributed by atoms with Gasteiger partial charge in [-0.2, -0.15) is 0 Å². The van der Waals surface area contributed by atoms with Crippen molar-refractivity contribution in [1.29, 1.82) is 0 Å². The highest BCUT2D eigenvalue weighted by Crippen LogP contribution is 2.30. The molecule has 0 radical (unpaired) electrons. The van der Waals surface area contributed by atoms with Crippen molar-refractivity contribution < 1.29 is 4.79 Å². The summed E-state index contributed by atoms with van der Waals surface area (Å²) in [6.45, 7) is 0. The molecule has 0 aliphatic heterocycles. The summed E-state index contributed by atoms with van der Waals surface area (Å²) >= 11 is 0. The molecule has 66 valence electrons. The number of carbonyl (C=O) groups excluding carboxylic acids is 1. The highest BCUT2D eigenvalue weighted by atomic mass is 16.1. The Morgan fingerprint density at radius 1 is 1.54 bits per heavy atom. The number of allylic oxidation sites excluding steroid dienone is 1. The van der Waals surface area contributed by atoms with E-state index in [1.54, 1.807) is 18.5 Å². The summed E-state index contributed by atoms with van der Waals surface area (Å²) < 4.78 is 0. The molecule has 2 heteroatoms. The van der Waals surface area contributed by atoms with Crippen molar-refractivity contribution in [2.75, 3.05) is 0 Å². The molecule has 1 aromatic heterocycles. The molecule has 0 N–H and O–H groups in total. The van der Waals surface area contributed by atoms with Crippen LogP contribution in [0.5, 0.6) is 0 Å². The van der Waals surface area contributed by atoms with Gasteiger partial charge < -0.3 is 0 Å². The lowest BCUT2D eigenvalue weighted by Crippen LogP contribution is -1.93. The van der Waals surface area contributed by atoms with Gasteiger partial charge in [-0.05, 0) is 36.6 Å². The van der Waals surface area contributed by atoms with Crippen molar-refractivity contribution in [3.8, 4) is 0 Å². The van der Waals surface area contributed by atoms with Crippen LogP contribution in [-0.2, 0) is 4.79 Å². The number of carbonyl (C=O) groups is 1. The summed E-state index contributed by atoms with van der Waals surface area (Å²) in [6.07, 6.45) is 9.09. The zero-order chi connectivity index (χ0) is 9.10. The summed E-state index contributed by atoms with van der Waals surface area (Å²) in [5, 5.41) is 0. The van der Waals surface area contributed by atoms with Gasteiger partial charge in [-0.1, -0.05) is 6.07 Å². The maximum absolute atomic E-state index is 11.3. The van der Waals surface area contributed by atoms with Gasteiger partial charge in [0, 0.05) is 18.3 Å². The quantitative estimate of drug-likeness (QED) is 0.655. The number of hydrogen-bond acceptors (Lipinski definition) is 2. The van der Waals surface area contributed by atoms with E-state index in [4.69, 9.17) is 0 Å². The van der Waals surface area contributed by atoms with Crippen LogP contribution in [0, 0.1) is 5.92 Å². The molecule has 0 unspecified atom stereocenters. The van der Waals surface area contributed by atoms with Crippen LogP contribution < -0.4 is 0 Å².